The Kier molecular flexibility index (Phi) is 3.89. The van der Waals surface area contributed by atoms with Crippen LogP contribution < -0.4 is 5.56 Å². The summed E-state index contributed by atoms with van der Waals surface area (Å²) < 4.78 is 3.30. The molecule has 9 heteroatoms. The summed E-state index contributed by atoms with van der Waals surface area (Å²) in [7, 11) is 1.93. The van der Waals surface area contributed by atoms with E-state index in [0.29, 0.717) is 17.0 Å². The topological polar surface area (TPSA) is 119 Å². The van der Waals surface area contributed by atoms with Crippen LogP contribution in [0, 0.1) is 5.92 Å². The van der Waals surface area contributed by atoms with Gasteiger partial charge < -0.3 is 9.67 Å². The number of aromatic amines is 1. The summed E-state index contributed by atoms with van der Waals surface area (Å²) in [5.41, 5.74) is 1.18. The van der Waals surface area contributed by atoms with E-state index >= 15 is 0 Å². The molecule has 5 rings (SSSR count). The molecule has 1 aliphatic rings. The number of aryl methyl sites for hydroxylation is 1. The molecule has 1 fully saturated rings. The van der Waals surface area contributed by atoms with E-state index in [1.165, 1.54) is 17.0 Å². The second-order valence-corrected chi connectivity index (χ2v) is 8.09. The predicted octanol–water partition coefficient (Wildman–Crippen LogP) is 2.26. The minimum atomic E-state index is -1.12. The quantitative estimate of drug-likeness (QED) is 0.539. The molecule has 1 aromatic carbocycles. The van der Waals surface area contributed by atoms with Gasteiger partial charge in [0.2, 0.25) is 0 Å². The van der Waals surface area contributed by atoms with Crippen molar-refractivity contribution in [1.82, 2.24) is 29.5 Å². The highest BCUT2D eigenvalue weighted by atomic mass is 16.4. The number of pyridine rings is 1. The molecule has 0 unspecified atom stereocenters. The van der Waals surface area contributed by atoms with Crippen molar-refractivity contribution in [3.05, 3.63) is 70.3 Å². The van der Waals surface area contributed by atoms with Crippen LogP contribution in [0.1, 0.15) is 41.5 Å². The van der Waals surface area contributed by atoms with E-state index < -0.39 is 5.97 Å². The lowest BCUT2D eigenvalue weighted by Gasteiger charge is -2.46. The van der Waals surface area contributed by atoms with Gasteiger partial charge in [-0.3, -0.25) is 14.5 Å². The molecule has 0 amide bonds. The molecule has 3 heterocycles. The molecule has 2 N–H and O–H groups in total. The van der Waals surface area contributed by atoms with Crippen LogP contribution in [0.25, 0.3) is 16.6 Å². The summed E-state index contributed by atoms with van der Waals surface area (Å²) >= 11 is 0. The SMILES string of the molecule is CC1CC(c2cccc(-n3cc(C(=O)O)c4cn[nH]c4c3=O)c2)(c2nncn2C)C1. The summed E-state index contributed by atoms with van der Waals surface area (Å²) in [4.78, 5) is 24.8. The zero-order valence-corrected chi connectivity index (χ0v) is 16.5. The molecular weight excluding hydrogens is 384 g/mol. The fourth-order valence-corrected chi connectivity index (χ4v) is 4.74. The maximum atomic E-state index is 13.0. The van der Waals surface area contributed by atoms with Crippen molar-refractivity contribution in [3.63, 3.8) is 0 Å². The van der Waals surface area contributed by atoms with Crippen LogP contribution in [-0.4, -0.2) is 40.6 Å². The van der Waals surface area contributed by atoms with Crippen LogP contribution in [0.15, 0.2) is 47.8 Å². The van der Waals surface area contributed by atoms with Crippen molar-refractivity contribution in [2.24, 2.45) is 13.0 Å². The molecule has 1 aliphatic carbocycles. The summed E-state index contributed by atoms with van der Waals surface area (Å²) in [5, 5.41) is 24.8. The molecule has 1 saturated carbocycles. The summed E-state index contributed by atoms with van der Waals surface area (Å²) in [6.07, 6.45) is 6.27. The third-order valence-electron chi connectivity index (χ3n) is 6.06. The van der Waals surface area contributed by atoms with Gasteiger partial charge in [0.1, 0.15) is 17.7 Å². The van der Waals surface area contributed by atoms with E-state index in [1.807, 2.05) is 29.8 Å². The first-order chi connectivity index (χ1) is 14.4. The van der Waals surface area contributed by atoms with Crippen LogP contribution in [0.2, 0.25) is 0 Å². The first kappa shape index (κ1) is 18.3. The Morgan fingerprint density at radius 3 is 2.80 bits per heavy atom. The Balaban J connectivity index is 1.70. The maximum absolute atomic E-state index is 13.0. The Morgan fingerprint density at radius 1 is 1.33 bits per heavy atom. The summed E-state index contributed by atoms with van der Waals surface area (Å²) in [6, 6.07) is 7.65. The third kappa shape index (κ3) is 2.51. The van der Waals surface area contributed by atoms with Crippen LogP contribution in [0.5, 0.6) is 0 Å². The smallest absolute Gasteiger partial charge is 0.337 e. The van der Waals surface area contributed by atoms with E-state index in [0.717, 1.165) is 24.2 Å². The van der Waals surface area contributed by atoms with Gasteiger partial charge in [0.25, 0.3) is 5.56 Å². The zero-order chi connectivity index (χ0) is 21.0. The van der Waals surface area contributed by atoms with Crippen LogP contribution >= 0.6 is 0 Å². The van der Waals surface area contributed by atoms with Crippen molar-refractivity contribution in [3.8, 4) is 5.69 Å². The molecule has 9 nitrogen and oxygen atoms in total. The minimum absolute atomic E-state index is 0.0176. The number of hydrogen-bond acceptors (Lipinski definition) is 5. The van der Waals surface area contributed by atoms with Crippen molar-refractivity contribution in [1.29, 1.82) is 0 Å². The number of carboxylic acid groups (broad SMARTS) is 1. The Hall–Kier alpha value is -3.75. The first-order valence-electron chi connectivity index (χ1n) is 9.68. The first-order valence-corrected chi connectivity index (χ1v) is 9.68. The van der Waals surface area contributed by atoms with E-state index in [2.05, 4.69) is 27.3 Å². The van der Waals surface area contributed by atoms with E-state index in [1.54, 1.807) is 12.4 Å². The summed E-state index contributed by atoms with van der Waals surface area (Å²) in [6.45, 7) is 2.20. The van der Waals surface area contributed by atoms with E-state index in [4.69, 9.17) is 0 Å². The highest BCUT2D eigenvalue weighted by Crippen LogP contribution is 2.51. The van der Waals surface area contributed by atoms with Gasteiger partial charge in [0, 0.05) is 24.3 Å². The fourth-order valence-electron chi connectivity index (χ4n) is 4.74. The average Bonchev–Trinajstić information content (AvgIpc) is 3.35. The molecule has 30 heavy (non-hydrogen) atoms. The number of carbonyl (C=O) groups is 1. The van der Waals surface area contributed by atoms with Crippen molar-refractivity contribution >= 4 is 16.9 Å². The highest BCUT2D eigenvalue weighted by Gasteiger charge is 2.48. The second kappa shape index (κ2) is 6.38. The molecule has 0 spiro atoms. The molecule has 0 aliphatic heterocycles. The number of benzene rings is 1. The third-order valence-corrected chi connectivity index (χ3v) is 6.06. The number of carboxylic acids is 1. The Morgan fingerprint density at radius 2 is 2.13 bits per heavy atom. The molecule has 0 saturated heterocycles. The number of aromatic nitrogens is 6. The Labute approximate surface area is 171 Å². The fraction of sp³-hybridized carbons (Fsp3) is 0.286. The largest absolute Gasteiger partial charge is 0.478 e. The lowest BCUT2D eigenvalue weighted by molar-refractivity contribution is 0.0698. The van der Waals surface area contributed by atoms with Gasteiger partial charge in [-0.1, -0.05) is 19.1 Å². The number of hydrogen-bond donors (Lipinski definition) is 2. The number of aromatic carboxylic acids is 1. The molecule has 0 atom stereocenters. The lowest BCUT2D eigenvalue weighted by atomic mass is 9.58. The van der Waals surface area contributed by atoms with Gasteiger partial charge in [-0.15, -0.1) is 10.2 Å². The van der Waals surface area contributed by atoms with Gasteiger partial charge in [-0.2, -0.15) is 5.10 Å². The lowest BCUT2D eigenvalue weighted by Crippen LogP contribution is -2.43. The molecule has 0 radical (unpaired) electrons. The number of rotatable bonds is 4. The normalized spacial score (nSPS) is 20.9. The molecule has 4 aromatic rings. The average molecular weight is 404 g/mol. The zero-order valence-electron chi connectivity index (χ0n) is 16.5. The highest BCUT2D eigenvalue weighted by molar-refractivity contribution is 6.01. The second-order valence-electron chi connectivity index (χ2n) is 8.09. The number of nitrogens with one attached hydrogen (secondary N) is 1. The standard InChI is InChI=1S/C21H20N6O3/c1-12-7-21(8-12,20-25-23-11-26(20)2)13-4-3-5-14(6-13)27-10-16(19(29)30)15-9-22-24-17(15)18(27)28/h3-6,9-12H,7-8H2,1-2H3,(H,22,24)(H,29,30). The van der Waals surface area contributed by atoms with Gasteiger partial charge in [0.15, 0.2) is 0 Å². The molecule has 0 bridgehead atoms. The maximum Gasteiger partial charge on any atom is 0.337 e. The number of nitrogens with zero attached hydrogens (tertiary/aromatic N) is 5. The van der Waals surface area contributed by atoms with Crippen LogP contribution in [0.3, 0.4) is 0 Å². The van der Waals surface area contributed by atoms with E-state index in [9.17, 15) is 14.7 Å². The predicted molar refractivity (Wildman–Crippen MR) is 109 cm³/mol. The van der Waals surface area contributed by atoms with Crippen molar-refractivity contribution < 1.29 is 9.90 Å². The summed E-state index contributed by atoms with van der Waals surface area (Å²) in [5.74, 6) is 0.322. The van der Waals surface area contributed by atoms with Gasteiger partial charge in [0.05, 0.1) is 17.2 Å². The Bertz CT molecular complexity index is 1340. The van der Waals surface area contributed by atoms with Crippen LogP contribution in [0.4, 0.5) is 0 Å². The van der Waals surface area contributed by atoms with Gasteiger partial charge in [-0.05, 0) is 36.5 Å². The molecule has 3 aromatic heterocycles. The molecule has 152 valence electrons. The van der Waals surface area contributed by atoms with Gasteiger partial charge >= 0.3 is 5.97 Å². The van der Waals surface area contributed by atoms with Crippen molar-refractivity contribution in [2.45, 2.75) is 25.2 Å². The van der Waals surface area contributed by atoms with Crippen LogP contribution in [-0.2, 0) is 12.5 Å². The minimum Gasteiger partial charge on any atom is -0.478 e. The van der Waals surface area contributed by atoms with E-state index in [-0.39, 0.29) is 22.1 Å². The van der Waals surface area contributed by atoms with Crippen molar-refractivity contribution in [2.75, 3.05) is 0 Å². The monoisotopic (exact) mass is 404 g/mol. The molecular formula is C21H20N6O3. The number of H-pyrrole nitrogens is 1. The number of fused-ring (bicyclic) bond motifs is 1. The van der Waals surface area contributed by atoms with Gasteiger partial charge in [-0.25, -0.2) is 4.79 Å².